The van der Waals surface area contributed by atoms with Crippen LogP contribution in [0.2, 0.25) is 5.02 Å². The lowest BCUT2D eigenvalue weighted by Crippen LogP contribution is -2.35. The zero-order valence-corrected chi connectivity index (χ0v) is 14.1. The third-order valence-corrected chi connectivity index (χ3v) is 3.36. The Labute approximate surface area is 135 Å². The van der Waals surface area contributed by atoms with E-state index < -0.39 is 5.97 Å². The lowest BCUT2D eigenvalue weighted by molar-refractivity contribution is -0.150. The Morgan fingerprint density at radius 3 is 2.36 bits per heavy atom. The van der Waals surface area contributed by atoms with Crippen molar-refractivity contribution in [1.29, 1.82) is 0 Å². The van der Waals surface area contributed by atoms with E-state index in [2.05, 4.69) is 5.32 Å². The first-order valence-electron chi connectivity index (χ1n) is 7.18. The van der Waals surface area contributed by atoms with Crippen molar-refractivity contribution in [1.82, 2.24) is 5.32 Å². The fourth-order valence-corrected chi connectivity index (χ4v) is 2.19. The van der Waals surface area contributed by atoms with Crippen LogP contribution in [0.1, 0.15) is 31.4 Å². The monoisotopic (exact) mass is 327 g/mol. The second kappa shape index (κ2) is 8.63. The fraction of sp³-hybridized carbons (Fsp3) is 0.500. The molecular weight excluding hydrogens is 306 g/mol. The molecule has 0 aliphatic carbocycles. The summed E-state index contributed by atoms with van der Waals surface area (Å²) in [4.78, 5) is 23.1. The molecule has 0 bridgehead atoms. The van der Waals surface area contributed by atoms with E-state index in [9.17, 15) is 9.59 Å². The molecule has 0 saturated carbocycles. The van der Waals surface area contributed by atoms with Gasteiger partial charge in [-0.3, -0.25) is 4.79 Å². The van der Waals surface area contributed by atoms with Crippen LogP contribution in [0, 0.1) is 13.8 Å². The minimum absolute atomic E-state index is 0.0572. The Kier molecular flexibility index (Phi) is 7.18. The van der Waals surface area contributed by atoms with E-state index in [4.69, 9.17) is 21.1 Å². The molecule has 0 spiro atoms. The number of carbonyl (C=O) groups is 2. The molecule has 6 heteroatoms. The van der Waals surface area contributed by atoms with Crippen LogP contribution < -0.4 is 10.1 Å². The number of esters is 1. The van der Waals surface area contributed by atoms with E-state index in [1.165, 1.54) is 0 Å². The molecule has 0 heterocycles. The van der Waals surface area contributed by atoms with Crippen molar-refractivity contribution in [2.45, 2.75) is 40.2 Å². The van der Waals surface area contributed by atoms with Crippen LogP contribution in [0.4, 0.5) is 0 Å². The van der Waals surface area contributed by atoms with Crippen LogP contribution >= 0.6 is 11.6 Å². The normalized spacial score (nSPS) is 11.7. The van der Waals surface area contributed by atoms with Gasteiger partial charge in [-0.2, -0.15) is 0 Å². The van der Waals surface area contributed by atoms with Crippen molar-refractivity contribution in [2.24, 2.45) is 0 Å². The lowest BCUT2D eigenvalue weighted by atomic mass is 10.1. The van der Waals surface area contributed by atoms with Gasteiger partial charge in [-0.05, 0) is 50.5 Å². The molecule has 1 N–H and O–H groups in total. The van der Waals surface area contributed by atoms with Gasteiger partial charge in [-0.25, -0.2) is 4.79 Å². The molecule has 5 nitrogen and oxygen atoms in total. The van der Waals surface area contributed by atoms with Crippen molar-refractivity contribution < 1.29 is 19.1 Å². The number of nitrogens with one attached hydrogen (secondary N) is 1. The molecule has 0 fully saturated rings. The summed E-state index contributed by atoms with van der Waals surface area (Å²) in [5, 5.41) is 3.33. The van der Waals surface area contributed by atoms with Gasteiger partial charge in [0, 0.05) is 11.1 Å². The summed E-state index contributed by atoms with van der Waals surface area (Å²) in [6.07, 6.45) is 0.817. The third kappa shape index (κ3) is 5.93. The third-order valence-electron chi connectivity index (χ3n) is 3.14. The largest absolute Gasteiger partial charge is 0.481 e. The molecule has 1 amide bonds. The molecule has 0 aromatic heterocycles. The molecule has 122 valence electrons. The molecule has 0 aliphatic heterocycles. The van der Waals surface area contributed by atoms with Crippen LogP contribution in [-0.4, -0.2) is 31.1 Å². The number of carbonyl (C=O) groups excluding carboxylic acids is 2. The van der Waals surface area contributed by atoms with E-state index in [0.717, 1.165) is 17.5 Å². The maximum absolute atomic E-state index is 11.6. The van der Waals surface area contributed by atoms with E-state index >= 15 is 0 Å². The number of halogens is 1. The first kappa shape index (κ1) is 18.3. The molecule has 1 aromatic rings. The van der Waals surface area contributed by atoms with Gasteiger partial charge in [0.2, 0.25) is 0 Å². The van der Waals surface area contributed by atoms with Gasteiger partial charge >= 0.3 is 5.97 Å². The smallest absolute Gasteiger partial charge is 0.344 e. The maximum atomic E-state index is 11.6. The second-order valence-corrected chi connectivity index (χ2v) is 5.63. The number of aryl methyl sites for hydroxylation is 2. The Hall–Kier alpha value is -1.75. The van der Waals surface area contributed by atoms with Gasteiger partial charge in [0.1, 0.15) is 5.75 Å². The minimum atomic E-state index is -0.590. The van der Waals surface area contributed by atoms with E-state index in [-0.39, 0.29) is 25.2 Å². The molecule has 1 aromatic carbocycles. The number of benzene rings is 1. The topological polar surface area (TPSA) is 64.6 Å². The highest BCUT2D eigenvalue weighted by Crippen LogP contribution is 2.26. The van der Waals surface area contributed by atoms with Crippen molar-refractivity contribution in [3.63, 3.8) is 0 Å². The summed E-state index contributed by atoms with van der Waals surface area (Å²) in [6.45, 7) is 6.99. The van der Waals surface area contributed by atoms with Gasteiger partial charge in [-0.15, -0.1) is 0 Å². The average molecular weight is 328 g/mol. The Bertz CT molecular complexity index is 522. The highest BCUT2D eigenvalue weighted by atomic mass is 35.5. The zero-order valence-electron chi connectivity index (χ0n) is 13.4. The highest BCUT2D eigenvalue weighted by molar-refractivity contribution is 6.30. The van der Waals surface area contributed by atoms with Gasteiger partial charge in [-0.1, -0.05) is 18.5 Å². The first-order chi connectivity index (χ1) is 10.3. The van der Waals surface area contributed by atoms with Gasteiger partial charge in [0.15, 0.2) is 13.2 Å². The van der Waals surface area contributed by atoms with Crippen LogP contribution in [0.25, 0.3) is 0 Å². The predicted octanol–water partition coefficient (Wildman–Crippen LogP) is 2.79. The number of hydrogen-bond donors (Lipinski definition) is 1. The summed E-state index contributed by atoms with van der Waals surface area (Å²) in [5.74, 6) is -0.306. The van der Waals surface area contributed by atoms with E-state index in [0.29, 0.717) is 10.8 Å². The fourth-order valence-electron chi connectivity index (χ4n) is 1.86. The Morgan fingerprint density at radius 2 is 1.82 bits per heavy atom. The molecule has 1 rings (SSSR count). The summed E-state index contributed by atoms with van der Waals surface area (Å²) >= 11 is 5.93. The molecule has 1 atom stereocenters. The minimum Gasteiger partial charge on any atom is -0.481 e. The second-order valence-electron chi connectivity index (χ2n) is 5.19. The number of rotatable bonds is 7. The van der Waals surface area contributed by atoms with E-state index in [1.807, 2.05) is 27.7 Å². The molecule has 0 radical (unpaired) electrons. The first-order valence-corrected chi connectivity index (χ1v) is 7.55. The van der Waals surface area contributed by atoms with Crippen molar-refractivity contribution in [2.75, 3.05) is 13.2 Å². The Morgan fingerprint density at radius 1 is 1.23 bits per heavy atom. The number of ether oxygens (including phenoxy) is 2. The zero-order chi connectivity index (χ0) is 16.7. The standard InChI is InChI=1S/C16H22ClNO4/c1-5-12(4)18-14(19)8-21-15(20)9-22-16-10(2)6-13(17)7-11(16)3/h6-7,12H,5,8-9H2,1-4H3,(H,18,19)/t12-/m1/s1. The van der Waals surface area contributed by atoms with Gasteiger partial charge in [0.05, 0.1) is 0 Å². The molecule has 0 saturated heterocycles. The summed E-state index contributed by atoms with van der Waals surface area (Å²) in [6, 6.07) is 3.57. The summed E-state index contributed by atoms with van der Waals surface area (Å²) in [5.41, 5.74) is 1.68. The van der Waals surface area contributed by atoms with Crippen LogP contribution in [-0.2, 0) is 14.3 Å². The van der Waals surface area contributed by atoms with Crippen LogP contribution in [0.15, 0.2) is 12.1 Å². The molecule has 0 aliphatic rings. The average Bonchev–Trinajstić information content (AvgIpc) is 2.43. The van der Waals surface area contributed by atoms with Crippen LogP contribution in [0.5, 0.6) is 5.75 Å². The van der Waals surface area contributed by atoms with Crippen molar-refractivity contribution in [3.8, 4) is 5.75 Å². The number of hydrogen-bond acceptors (Lipinski definition) is 4. The predicted molar refractivity (Wildman–Crippen MR) is 85.3 cm³/mol. The quantitative estimate of drug-likeness (QED) is 0.782. The lowest BCUT2D eigenvalue weighted by Gasteiger charge is -2.13. The van der Waals surface area contributed by atoms with Crippen molar-refractivity contribution in [3.05, 3.63) is 28.3 Å². The summed E-state index contributed by atoms with van der Waals surface area (Å²) < 4.78 is 10.3. The SMILES string of the molecule is CC[C@@H](C)NC(=O)COC(=O)COc1c(C)cc(Cl)cc1C. The summed E-state index contributed by atoms with van der Waals surface area (Å²) in [7, 11) is 0. The number of amides is 1. The van der Waals surface area contributed by atoms with Crippen molar-refractivity contribution >= 4 is 23.5 Å². The maximum Gasteiger partial charge on any atom is 0.344 e. The van der Waals surface area contributed by atoms with Crippen LogP contribution in [0.3, 0.4) is 0 Å². The van der Waals surface area contributed by atoms with E-state index in [1.54, 1.807) is 12.1 Å². The Balaban J connectivity index is 2.42. The van der Waals surface area contributed by atoms with Gasteiger partial charge in [0.25, 0.3) is 5.91 Å². The molecule has 22 heavy (non-hydrogen) atoms. The highest BCUT2D eigenvalue weighted by Gasteiger charge is 2.12. The van der Waals surface area contributed by atoms with Gasteiger partial charge < -0.3 is 14.8 Å². The molecular formula is C16H22ClNO4. The molecule has 0 unspecified atom stereocenters.